The van der Waals surface area contributed by atoms with Gasteiger partial charge in [0, 0.05) is 11.3 Å². The van der Waals surface area contributed by atoms with Crippen LogP contribution in [-0.4, -0.2) is 5.94 Å². The average molecular weight is 180 g/mol. The van der Waals surface area contributed by atoms with Crippen molar-refractivity contribution in [2.75, 3.05) is 5.94 Å². The summed E-state index contributed by atoms with van der Waals surface area (Å²) in [5.74, 6) is 3.01. The molecule has 0 fully saturated rings. The van der Waals surface area contributed by atoms with Crippen molar-refractivity contribution in [3.63, 3.8) is 0 Å². The van der Waals surface area contributed by atoms with Gasteiger partial charge in [0.2, 0.25) is 0 Å². The van der Waals surface area contributed by atoms with Crippen molar-refractivity contribution in [1.82, 2.24) is 0 Å². The summed E-state index contributed by atoms with van der Waals surface area (Å²) in [6, 6.07) is 4.39. The molecular weight excluding hydrogens is 168 g/mol. The van der Waals surface area contributed by atoms with Crippen molar-refractivity contribution in [3.05, 3.63) is 28.8 Å². The number of fused-ring (bicyclic) bond motifs is 1. The maximum atomic E-state index is 5.57. The van der Waals surface area contributed by atoms with Crippen LogP contribution >= 0.6 is 11.8 Å². The number of thioether (sulfide) groups is 1. The summed E-state index contributed by atoms with van der Waals surface area (Å²) in [5.41, 5.74) is 3.95. The maximum absolute atomic E-state index is 5.57. The third-order valence-corrected chi connectivity index (χ3v) is 2.84. The molecule has 2 rings (SSSR count). The van der Waals surface area contributed by atoms with Gasteiger partial charge in [0.1, 0.15) is 11.7 Å². The number of hydrogen-bond donors (Lipinski definition) is 0. The van der Waals surface area contributed by atoms with E-state index >= 15 is 0 Å². The van der Waals surface area contributed by atoms with Crippen LogP contribution in [0.15, 0.2) is 12.1 Å². The van der Waals surface area contributed by atoms with E-state index in [4.69, 9.17) is 4.74 Å². The third-order valence-electron chi connectivity index (χ3n) is 2.04. The summed E-state index contributed by atoms with van der Waals surface area (Å²) in [6.45, 7) is 4.24. The zero-order valence-corrected chi connectivity index (χ0v) is 8.20. The molecule has 1 aliphatic rings. The number of rotatable bonds is 0. The van der Waals surface area contributed by atoms with E-state index in [9.17, 15) is 0 Å². The Morgan fingerprint density at radius 2 is 2.17 bits per heavy atom. The number of benzene rings is 1. The van der Waals surface area contributed by atoms with Crippen molar-refractivity contribution < 1.29 is 4.74 Å². The van der Waals surface area contributed by atoms with Gasteiger partial charge in [-0.15, -0.1) is 11.8 Å². The Labute approximate surface area is 77.1 Å². The van der Waals surface area contributed by atoms with Crippen molar-refractivity contribution in [1.29, 1.82) is 0 Å². The van der Waals surface area contributed by atoms with Crippen LogP contribution in [0.1, 0.15) is 16.7 Å². The lowest BCUT2D eigenvalue weighted by molar-refractivity contribution is 0.381. The summed E-state index contributed by atoms with van der Waals surface area (Å²) in [7, 11) is 0. The standard InChI is InChI=1S/C10H12OS/c1-7-3-8(2)10-9(4-7)5-12-6-11-10/h3-4H,5-6H2,1-2H3. The van der Waals surface area contributed by atoms with Gasteiger partial charge in [-0.25, -0.2) is 0 Å². The van der Waals surface area contributed by atoms with Gasteiger partial charge in [-0.05, 0) is 19.4 Å². The number of aryl methyl sites for hydroxylation is 2. The number of ether oxygens (including phenoxy) is 1. The third kappa shape index (κ3) is 1.31. The molecule has 0 saturated heterocycles. The molecule has 0 amide bonds. The fourth-order valence-corrected chi connectivity index (χ4v) is 2.33. The normalized spacial score (nSPS) is 15.2. The zero-order valence-electron chi connectivity index (χ0n) is 7.39. The SMILES string of the molecule is Cc1cc(C)c2c(c1)CSCO2. The van der Waals surface area contributed by atoms with Crippen LogP contribution in [0.2, 0.25) is 0 Å². The van der Waals surface area contributed by atoms with Crippen molar-refractivity contribution in [2.45, 2.75) is 19.6 Å². The molecule has 2 heteroatoms. The van der Waals surface area contributed by atoms with E-state index in [0.717, 1.165) is 17.4 Å². The first-order chi connectivity index (χ1) is 5.77. The Kier molecular flexibility index (Phi) is 2.01. The molecule has 0 aliphatic carbocycles. The smallest absolute Gasteiger partial charge is 0.134 e. The molecule has 64 valence electrons. The van der Waals surface area contributed by atoms with Crippen LogP contribution in [0, 0.1) is 13.8 Å². The first kappa shape index (κ1) is 7.99. The fourth-order valence-electron chi connectivity index (χ4n) is 1.61. The highest BCUT2D eigenvalue weighted by Crippen LogP contribution is 2.32. The van der Waals surface area contributed by atoms with E-state index in [1.807, 2.05) is 11.8 Å². The highest BCUT2D eigenvalue weighted by Gasteiger charge is 2.12. The molecule has 0 saturated carbocycles. The van der Waals surface area contributed by atoms with E-state index < -0.39 is 0 Å². The Hall–Kier alpha value is -0.630. The molecular formula is C10H12OS. The fraction of sp³-hybridized carbons (Fsp3) is 0.400. The highest BCUT2D eigenvalue weighted by molar-refractivity contribution is 7.98. The molecule has 1 nitrogen and oxygen atoms in total. The topological polar surface area (TPSA) is 9.23 Å². The molecule has 0 radical (unpaired) electrons. The number of hydrogen-bond acceptors (Lipinski definition) is 2. The van der Waals surface area contributed by atoms with Gasteiger partial charge in [0.15, 0.2) is 0 Å². The molecule has 1 aromatic carbocycles. The van der Waals surface area contributed by atoms with Gasteiger partial charge in [0.05, 0.1) is 0 Å². The lowest BCUT2D eigenvalue weighted by Gasteiger charge is -2.19. The molecule has 0 aromatic heterocycles. The predicted octanol–water partition coefficient (Wildman–Crippen LogP) is 2.89. The second-order valence-corrected chi connectivity index (χ2v) is 4.11. The largest absolute Gasteiger partial charge is 0.482 e. The van der Waals surface area contributed by atoms with E-state index in [-0.39, 0.29) is 0 Å². The molecule has 0 bridgehead atoms. The Balaban J connectivity index is 2.53. The summed E-state index contributed by atoms with van der Waals surface area (Å²) >= 11 is 1.83. The van der Waals surface area contributed by atoms with Gasteiger partial charge in [0.25, 0.3) is 0 Å². The van der Waals surface area contributed by atoms with Crippen LogP contribution in [0.5, 0.6) is 5.75 Å². The molecule has 0 spiro atoms. The van der Waals surface area contributed by atoms with Gasteiger partial charge >= 0.3 is 0 Å². The minimum absolute atomic E-state index is 0.802. The van der Waals surface area contributed by atoms with Crippen LogP contribution < -0.4 is 4.74 Å². The van der Waals surface area contributed by atoms with Gasteiger partial charge in [-0.2, -0.15) is 0 Å². The molecule has 1 aliphatic heterocycles. The van der Waals surface area contributed by atoms with Crippen LogP contribution in [0.25, 0.3) is 0 Å². The second kappa shape index (κ2) is 3.02. The first-order valence-electron chi connectivity index (χ1n) is 4.08. The maximum Gasteiger partial charge on any atom is 0.134 e. The van der Waals surface area contributed by atoms with Crippen LogP contribution in [0.4, 0.5) is 0 Å². The summed E-state index contributed by atoms with van der Waals surface area (Å²) in [4.78, 5) is 0. The lowest BCUT2D eigenvalue weighted by atomic mass is 10.1. The van der Waals surface area contributed by atoms with Gasteiger partial charge in [-0.1, -0.05) is 17.7 Å². The van der Waals surface area contributed by atoms with E-state index in [2.05, 4.69) is 26.0 Å². The lowest BCUT2D eigenvalue weighted by Crippen LogP contribution is -2.05. The van der Waals surface area contributed by atoms with Gasteiger partial charge < -0.3 is 4.74 Å². The first-order valence-corrected chi connectivity index (χ1v) is 5.23. The van der Waals surface area contributed by atoms with E-state index in [1.54, 1.807) is 0 Å². The van der Waals surface area contributed by atoms with Gasteiger partial charge in [-0.3, -0.25) is 0 Å². The quantitative estimate of drug-likeness (QED) is 0.607. The summed E-state index contributed by atoms with van der Waals surface area (Å²) in [6.07, 6.45) is 0. The summed E-state index contributed by atoms with van der Waals surface area (Å²) in [5, 5.41) is 0. The molecule has 12 heavy (non-hydrogen) atoms. The van der Waals surface area contributed by atoms with Crippen LogP contribution in [-0.2, 0) is 5.75 Å². The molecule has 0 N–H and O–H groups in total. The van der Waals surface area contributed by atoms with Crippen LogP contribution in [0.3, 0.4) is 0 Å². The summed E-state index contributed by atoms with van der Waals surface area (Å²) < 4.78 is 5.57. The van der Waals surface area contributed by atoms with Crippen molar-refractivity contribution in [3.8, 4) is 5.75 Å². The molecule has 1 heterocycles. The van der Waals surface area contributed by atoms with E-state index in [0.29, 0.717) is 0 Å². The Morgan fingerprint density at radius 3 is 3.00 bits per heavy atom. The molecule has 1 aromatic rings. The minimum Gasteiger partial charge on any atom is -0.482 e. The Bertz CT molecular complexity index is 307. The Morgan fingerprint density at radius 1 is 1.33 bits per heavy atom. The average Bonchev–Trinajstić information content (AvgIpc) is 2.04. The monoisotopic (exact) mass is 180 g/mol. The molecule has 0 atom stereocenters. The predicted molar refractivity (Wildman–Crippen MR) is 52.7 cm³/mol. The zero-order chi connectivity index (χ0) is 8.55. The second-order valence-electron chi connectivity index (χ2n) is 3.18. The molecule has 0 unspecified atom stereocenters. The van der Waals surface area contributed by atoms with Crippen molar-refractivity contribution in [2.24, 2.45) is 0 Å². The van der Waals surface area contributed by atoms with Crippen molar-refractivity contribution >= 4 is 11.8 Å². The van der Waals surface area contributed by atoms with E-state index in [1.165, 1.54) is 16.7 Å². The minimum atomic E-state index is 0.802. The highest BCUT2D eigenvalue weighted by atomic mass is 32.2.